The second-order valence-corrected chi connectivity index (χ2v) is 6.34. The lowest BCUT2D eigenvalue weighted by Crippen LogP contribution is -2.43. The van der Waals surface area contributed by atoms with Crippen molar-refractivity contribution in [2.75, 3.05) is 19.7 Å². The lowest BCUT2D eigenvalue weighted by molar-refractivity contribution is -0.120. The maximum Gasteiger partial charge on any atom is 0.234 e. The molecule has 0 spiro atoms. The number of carbonyl (C=O) groups excluding carboxylic acids is 1. The van der Waals surface area contributed by atoms with Gasteiger partial charge in [-0.25, -0.2) is 0 Å². The van der Waals surface area contributed by atoms with E-state index >= 15 is 0 Å². The molecule has 5 heteroatoms. The van der Waals surface area contributed by atoms with Gasteiger partial charge in [0.05, 0.1) is 13.1 Å². The number of benzene rings is 1. The Labute approximate surface area is 137 Å². The molecule has 0 saturated heterocycles. The summed E-state index contributed by atoms with van der Waals surface area (Å²) in [6.45, 7) is 3.60. The molecule has 22 heavy (non-hydrogen) atoms. The second kappa shape index (κ2) is 9.01. The number of rotatable bonds is 7. The largest absolute Gasteiger partial charge is 0.492 e. The summed E-state index contributed by atoms with van der Waals surface area (Å²) in [5.74, 6) is 1.44. The van der Waals surface area contributed by atoms with E-state index in [9.17, 15) is 4.79 Å². The number of halogens is 1. The summed E-state index contributed by atoms with van der Waals surface area (Å²) in [6.07, 6.45) is 5.01. The molecule has 0 bridgehead atoms. The minimum absolute atomic E-state index is 0.0254. The topological polar surface area (TPSA) is 50.4 Å². The van der Waals surface area contributed by atoms with Gasteiger partial charge in [-0.3, -0.25) is 4.79 Å². The first-order chi connectivity index (χ1) is 10.6. The molecular formula is C17H25ClN2O2. The molecule has 0 radical (unpaired) electrons. The van der Waals surface area contributed by atoms with E-state index in [1.165, 1.54) is 25.7 Å². The van der Waals surface area contributed by atoms with Gasteiger partial charge in [0, 0.05) is 11.1 Å². The summed E-state index contributed by atoms with van der Waals surface area (Å²) in [6, 6.07) is 7.67. The van der Waals surface area contributed by atoms with Crippen LogP contribution in [0.2, 0.25) is 5.02 Å². The van der Waals surface area contributed by atoms with Gasteiger partial charge in [-0.05, 0) is 43.0 Å². The van der Waals surface area contributed by atoms with Crippen molar-refractivity contribution < 1.29 is 9.53 Å². The molecule has 1 aromatic carbocycles. The lowest BCUT2D eigenvalue weighted by atomic mass is 9.86. The minimum Gasteiger partial charge on any atom is -0.492 e. The molecule has 1 saturated carbocycles. The highest BCUT2D eigenvalue weighted by Crippen LogP contribution is 2.23. The van der Waals surface area contributed by atoms with Gasteiger partial charge in [0.25, 0.3) is 0 Å². The third kappa shape index (κ3) is 5.85. The monoisotopic (exact) mass is 324 g/mol. The lowest BCUT2D eigenvalue weighted by Gasteiger charge is -2.29. The third-order valence-corrected chi connectivity index (χ3v) is 4.39. The molecule has 1 aliphatic rings. The van der Waals surface area contributed by atoms with Crippen LogP contribution < -0.4 is 15.4 Å². The van der Waals surface area contributed by atoms with Crippen molar-refractivity contribution in [1.29, 1.82) is 0 Å². The van der Waals surface area contributed by atoms with Gasteiger partial charge in [0.2, 0.25) is 5.91 Å². The van der Waals surface area contributed by atoms with Crippen molar-refractivity contribution in [3.05, 3.63) is 29.3 Å². The molecule has 2 rings (SSSR count). The van der Waals surface area contributed by atoms with Crippen LogP contribution in [0.15, 0.2) is 24.3 Å². The second-order valence-electron chi connectivity index (χ2n) is 5.90. The summed E-state index contributed by atoms with van der Waals surface area (Å²) in [7, 11) is 0. The number of nitrogens with one attached hydrogen (secondary N) is 2. The van der Waals surface area contributed by atoms with E-state index in [0.717, 1.165) is 5.75 Å². The molecular weight excluding hydrogens is 300 g/mol. The Kier molecular flexibility index (Phi) is 7.00. The third-order valence-electron chi connectivity index (χ3n) is 4.14. The molecule has 1 fully saturated rings. The zero-order chi connectivity index (χ0) is 15.8. The molecule has 0 aromatic heterocycles. The standard InChI is InChI=1S/C17H25ClN2O2/c1-13-4-2-3-5-16(13)20-12-17(21)19-10-11-22-15-8-6-14(18)7-9-15/h6-9,13,16,20H,2-5,10-12H2,1H3,(H,19,21). The highest BCUT2D eigenvalue weighted by Gasteiger charge is 2.21. The van der Waals surface area contributed by atoms with E-state index in [-0.39, 0.29) is 5.91 Å². The van der Waals surface area contributed by atoms with Crippen molar-refractivity contribution in [3.8, 4) is 5.75 Å². The Morgan fingerprint density at radius 3 is 2.73 bits per heavy atom. The maximum atomic E-state index is 11.8. The fraction of sp³-hybridized carbons (Fsp3) is 0.588. The Hall–Kier alpha value is -1.26. The number of carbonyl (C=O) groups is 1. The van der Waals surface area contributed by atoms with Gasteiger partial charge in [0.1, 0.15) is 12.4 Å². The van der Waals surface area contributed by atoms with Gasteiger partial charge in [-0.15, -0.1) is 0 Å². The Morgan fingerprint density at radius 2 is 2.00 bits per heavy atom. The van der Waals surface area contributed by atoms with Crippen molar-refractivity contribution in [2.45, 2.75) is 38.6 Å². The highest BCUT2D eigenvalue weighted by molar-refractivity contribution is 6.30. The van der Waals surface area contributed by atoms with Crippen LogP contribution in [-0.4, -0.2) is 31.6 Å². The average Bonchev–Trinajstić information content (AvgIpc) is 2.52. The fourth-order valence-electron chi connectivity index (χ4n) is 2.80. The molecule has 2 unspecified atom stereocenters. The first kappa shape index (κ1) is 17.1. The predicted molar refractivity (Wildman–Crippen MR) is 89.4 cm³/mol. The molecule has 2 N–H and O–H groups in total. The van der Waals surface area contributed by atoms with Crippen molar-refractivity contribution in [2.24, 2.45) is 5.92 Å². The fourth-order valence-corrected chi connectivity index (χ4v) is 2.92. The minimum atomic E-state index is 0.0254. The van der Waals surface area contributed by atoms with Crippen LogP contribution in [0.25, 0.3) is 0 Å². The Balaban J connectivity index is 1.56. The molecule has 1 aromatic rings. The predicted octanol–water partition coefficient (Wildman–Crippen LogP) is 3.00. The molecule has 0 heterocycles. The Bertz CT molecular complexity index is 464. The molecule has 1 aliphatic carbocycles. The Morgan fingerprint density at radius 1 is 1.27 bits per heavy atom. The van der Waals surface area contributed by atoms with Crippen molar-refractivity contribution in [3.63, 3.8) is 0 Å². The molecule has 4 nitrogen and oxygen atoms in total. The summed E-state index contributed by atoms with van der Waals surface area (Å²) < 4.78 is 5.53. The van der Waals surface area contributed by atoms with Gasteiger partial charge in [-0.2, -0.15) is 0 Å². The summed E-state index contributed by atoms with van der Waals surface area (Å²) >= 11 is 5.80. The number of hydrogen-bond acceptors (Lipinski definition) is 3. The summed E-state index contributed by atoms with van der Waals surface area (Å²) in [4.78, 5) is 11.8. The zero-order valence-electron chi connectivity index (χ0n) is 13.1. The van der Waals surface area contributed by atoms with Crippen molar-refractivity contribution in [1.82, 2.24) is 10.6 Å². The van der Waals surface area contributed by atoms with Gasteiger partial charge in [-0.1, -0.05) is 31.4 Å². The van der Waals surface area contributed by atoms with Gasteiger partial charge in [0.15, 0.2) is 0 Å². The van der Waals surface area contributed by atoms with E-state index in [4.69, 9.17) is 16.3 Å². The quantitative estimate of drug-likeness (QED) is 0.758. The molecule has 1 amide bonds. The van der Waals surface area contributed by atoms with Crippen LogP contribution in [0.1, 0.15) is 32.6 Å². The molecule has 2 atom stereocenters. The van der Waals surface area contributed by atoms with Crippen LogP contribution in [0.4, 0.5) is 0 Å². The van der Waals surface area contributed by atoms with E-state index in [2.05, 4.69) is 17.6 Å². The molecule has 0 aliphatic heterocycles. The van der Waals surface area contributed by atoms with E-state index in [0.29, 0.717) is 36.7 Å². The van der Waals surface area contributed by atoms with Crippen LogP contribution in [0, 0.1) is 5.92 Å². The number of ether oxygens (including phenoxy) is 1. The summed E-state index contributed by atoms with van der Waals surface area (Å²) in [5, 5.41) is 6.92. The average molecular weight is 325 g/mol. The van der Waals surface area contributed by atoms with Gasteiger partial charge >= 0.3 is 0 Å². The number of amides is 1. The smallest absolute Gasteiger partial charge is 0.234 e. The molecule has 122 valence electrons. The highest BCUT2D eigenvalue weighted by atomic mass is 35.5. The first-order valence-electron chi connectivity index (χ1n) is 8.03. The van der Waals surface area contributed by atoms with Gasteiger partial charge < -0.3 is 15.4 Å². The van der Waals surface area contributed by atoms with E-state index < -0.39 is 0 Å². The number of hydrogen-bond donors (Lipinski definition) is 2. The van der Waals surface area contributed by atoms with Crippen LogP contribution in [-0.2, 0) is 4.79 Å². The van der Waals surface area contributed by atoms with Crippen LogP contribution >= 0.6 is 11.6 Å². The van der Waals surface area contributed by atoms with Crippen LogP contribution in [0.3, 0.4) is 0 Å². The normalized spacial score (nSPS) is 21.4. The van der Waals surface area contributed by atoms with E-state index in [1.807, 2.05) is 12.1 Å². The SMILES string of the molecule is CC1CCCCC1NCC(=O)NCCOc1ccc(Cl)cc1. The van der Waals surface area contributed by atoms with E-state index in [1.54, 1.807) is 12.1 Å². The maximum absolute atomic E-state index is 11.8. The zero-order valence-corrected chi connectivity index (χ0v) is 13.9. The summed E-state index contributed by atoms with van der Waals surface area (Å²) in [5.41, 5.74) is 0. The van der Waals surface area contributed by atoms with Crippen molar-refractivity contribution >= 4 is 17.5 Å². The van der Waals surface area contributed by atoms with Crippen LogP contribution in [0.5, 0.6) is 5.75 Å². The first-order valence-corrected chi connectivity index (χ1v) is 8.41.